The number of sulfone groups is 1. The highest BCUT2D eigenvalue weighted by molar-refractivity contribution is 7.90. The van der Waals surface area contributed by atoms with Gasteiger partial charge in [-0.15, -0.1) is 0 Å². The molecule has 1 aliphatic heterocycles. The number of sulfonamides is 1. The van der Waals surface area contributed by atoms with Gasteiger partial charge in [0.1, 0.15) is 0 Å². The lowest BCUT2D eigenvalue weighted by Crippen LogP contribution is -2.47. The van der Waals surface area contributed by atoms with Gasteiger partial charge in [0, 0.05) is 38.5 Å². The summed E-state index contributed by atoms with van der Waals surface area (Å²) in [6.45, 7) is 8.82. The van der Waals surface area contributed by atoms with Gasteiger partial charge >= 0.3 is 0 Å². The molecule has 1 saturated heterocycles. The van der Waals surface area contributed by atoms with Crippen LogP contribution in [0.3, 0.4) is 0 Å². The standard InChI is InChI=1S/C21H37N3O4S2/c1-4-23(19(2)18-20-8-10-21(11-9-20)29(3,25)26)14-6-5-7-17-30(27,28)24-15-12-22-13-16-24/h8-11,19,22H,4-7,12-18H2,1-3H3. The van der Waals surface area contributed by atoms with Crippen molar-refractivity contribution in [2.45, 2.75) is 50.5 Å². The van der Waals surface area contributed by atoms with Gasteiger partial charge in [0.15, 0.2) is 9.84 Å². The van der Waals surface area contributed by atoms with Crippen LogP contribution in [0.4, 0.5) is 0 Å². The summed E-state index contributed by atoms with van der Waals surface area (Å²) in [6.07, 6.45) is 4.65. The highest BCUT2D eigenvalue weighted by Crippen LogP contribution is 2.15. The zero-order valence-corrected chi connectivity index (χ0v) is 20.1. The third-order valence-electron chi connectivity index (χ3n) is 5.73. The Kier molecular flexibility index (Phi) is 9.74. The summed E-state index contributed by atoms with van der Waals surface area (Å²) >= 11 is 0. The Morgan fingerprint density at radius 1 is 1.03 bits per heavy atom. The van der Waals surface area contributed by atoms with E-state index in [9.17, 15) is 16.8 Å². The fourth-order valence-corrected chi connectivity index (χ4v) is 6.06. The van der Waals surface area contributed by atoms with Crippen LogP contribution in [0.1, 0.15) is 38.7 Å². The molecule has 1 heterocycles. The average molecular weight is 460 g/mol. The molecule has 0 aliphatic carbocycles. The second kappa shape index (κ2) is 11.6. The fraction of sp³-hybridized carbons (Fsp3) is 0.714. The largest absolute Gasteiger partial charge is 0.314 e. The van der Waals surface area contributed by atoms with Crippen molar-refractivity contribution in [3.8, 4) is 0 Å². The summed E-state index contributed by atoms with van der Waals surface area (Å²) in [6, 6.07) is 7.46. The lowest BCUT2D eigenvalue weighted by atomic mass is 10.1. The molecule has 1 aromatic carbocycles. The number of nitrogens with zero attached hydrogens (tertiary/aromatic N) is 2. The highest BCUT2D eigenvalue weighted by atomic mass is 32.2. The number of likely N-dealkylation sites (N-methyl/N-ethyl adjacent to an activating group) is 1. The summed E-state index contributed by atoms with van der Waals surface area (Å²) in [5.41, 5.74) is 1.12. The molecule has 0 aromatic heterocycles. The molecule has 1 fully saturated rings. The lowest BCUT2D eigenvalue weighted by Gasteiger charge is -2.28. The van der Waals surface area contributed by atoms with Gasteiger partial charge in [-0.05, 0) is 57.0 Å². The van der Waals surface area contributed by atoms with Crippen molar-refractivity contribution in [1.29, 1.82) is 0 Å². The fourth-order valence-electron chi connectivity index (χ4n) is 3.86. The molecule has 1 aliphatic rings. The van der Waals surface area contributed by atoms with E-state index in [1.165, 1.54) is 6.26 Å². The normalized spacial score (nSPS) is 17.3. The molecule has 1 unspecified atom stereocenters. The van der Waals surface area contributed by atoms with Crippen LogP contribution in [0.2, 0.25) is 0 Å². The van der Waals surface area contributed by atoms with Gasteiger partial charge in [0.05, 0.1) is 10.6 Å². The summed E-state index contributed by atoms with van der Waals surface area (Å²) in [7, 11) is -6.29. The maximum absolute atomic E-state index is 12.4. The summed E-state index contributed by atoms with van der Waals surface area (Å²) < 4.78 is 49.6. The Hall–Kier alpha value is -1.00. The van der Waals surface area contributed by atoms with E-state index in [0.717, 1.165) is 51.0 Å². The van der Waals surface area contributed by atoms with Crippen LogP contribution in [-0.4, -0.2) is 83.4 Å². The maximum atomic E-state index is 12.4. The van der Waals surface area contributed by atoms with Crippen LogP contribution in [0.5, 0.6) is 0 Å². The van der Waals surface area contributed by atoms with Crippen molar-refractivity contribution >= 4 is 19.9 Å². The molecule has 9 heteroatoms. The molecular weight excluding hydrogens is 422 g/mol. The van der Waals surface area contributed by atoms with E-state index in [4.69, 9.17) is 0 Å². The quantitative estimate of drug-likeness (QED) is 0.479. The zero-order valence-electron chi connectivity index (χ0n) is 18.5. The van der Waals surface area contributed by atoms with Crippen molar-refractivity contribution < 1.29 is 16.8 Å². The smallest absolute Gasteiger partial charge is 0.214 e. The molecule has 0 bridgehead atoms. The van der Waals surface area contributed by atoms with Crippen LogP contribution >= 0.6 is 0 Å². The first-order chi connectivity index (χ1) is 14.1. The Balaban J connectivity index is 1.74. The van der Waals surface area contributed by atoms with Crippen LogP contribution < -0.4 is 5.32 Å². The van der Waals surface area contributed by atoms with E-state index >= 15 is 0 Å². The summed E-state index contributed by atoms with van der Waals surface area (Å²) in [4.78, 5) is 2.75. The van der Waals surface area contributed by atoms with Crippen LogP contribution in [0.25, 0.3) is 0 Å². The third kappa shape index (κ3) is 7.92. The minimum Gasteiger partial charge on any atom is -0.314 e. The SMILES string of the molecule is CCN(CCCCCS(=O)(=O)N1CCNCC1)C(C)Cc1ccc(S(C)(=O)=O)cc1. The van der Waals surface area contributed by atoms with Crippen molar-refractivity contribution in [3.05, 3.63) is 29.8 Å². The van der Waals surface area contributed by atoms with Crippen molar-refractivity contribution in [1.82, 2.24) is 14.5 Å². The Morgan fingerprint density at radius 2 is 1.67 bits per heavy atom. The maximum Gasteiger partial charge on any atom is 0.214 e. The van der Waals surface area contributed by atoms with E-state index in [1.54, 1.807) is 16.4 Å². The summed E-state index contributed by atoms with van der Waals surface area (Å²) in [5.74, 6) is 0.237. The molecule has 0 amide bonds. The molecule has 2 rings (SSSR count). The third-order valence-corrected chi connectivity index (χ3v) is 8.81. The van der Waals surface area contributed by atoms with Gasteiger partial charge in [-0.2, -0.15) is 4.31 Å². The first kappa shape index (κ1) is 25.3. The van der Waals surface area contributed by atoms with Gasteiger partial charge in [0.2, 0.25) is 10.0 Å². The Bertz CT molecular complexity index is 849. The average Bonchev–Trinajstić information content (AvgIpc) is 2.71. The van der Waals surface area contributed by atoms with Crippen molar-refractivity contribution in [2.75, 3.05) is 51.3 Å². The van der Waals surface area contributed by atoms with E-state index in [2.05, 4.69) is 24.1 Å². The number of hydrogen-bond acceptors (Lipinski definition) is 6. The molecule has 7 nitrogen and oxygen atoms in total. The van der Waals surface area contributed by atoms with Crippen molar-refractivity contribution in [3.63, 3.8) is 0 Å². The number of nitrogens with one attached hydrogen (secondary N) is 1. The van der Waals surface area contributed by atoms with Gasteiger partial charge in [0.25, 0.3) is 0 Å². The first-order valence-corrected chi connectivity index (χ1v) is 14.3. The Labute approximate surface area is 182 Å². The zero-order chi connectivity index (χ0) is 22.2. The molecule has 30 heavy (non-hydrogen) atoms. The summed E-state index contributed by atoms with van der Waals surface area (Å²) in [5, 5.41) is 3.18. The minimum atomic E-state index is -3.16. The predicted molar refractivity (Wildman–Crippen MR) is 122 cm³/mol. The predicted octanol–water partition coefficient (Wildman–Crippen LogP) is 1.75. The molecule has 0 radical (unpaired) electrons. The molecule has 0 saturated carbocycles. The first-order valence-electron chi connectivity index (χ1n) is 10.8. The van der Waals surface area contributed by atoms with E-state index in [1.807, 2.05) is 12.1 Å². The van der Waals surface area contributed by atoms with Crippen LogP contribution in [0, 0.1) is 0 Å². The topological polar surface area (TPSA) is 86.8 Å². The van der Waals surface area contributed by atoms with Gasteiger partial charge in [-0.25, -0.2) is 16.8 Å². The second-order valence-electron chi connectivity index (χ2n) is 8.12. The number of benzene rings is 1. The monoisotopic (exact) mass is 459 g/mol. The van der Waals surface area contributed by atoms with Gasteiger partial charge in [-0.3, -0.25) is 0 Å². The number of hydrogen-bond donors (Lipinski definition) is 1. The molecule has 1 atom stereocenters. The van der Waals surface area contributed by atoms with Gasteiger partial charge < -0.3 is 10.2 Å². The number of rotatable bonds is 12. The molecule has 0 spiro atoms. The molecule has 172 valence electrons. The molecule has 1 N–H and O–H groups in total. The molecule has 1 aromatic rings. The van der Waals surface area contributed by atoms with Crippen molar-refractivity contribution in [2.24, 2.45) is 0 Å². The highest BCUT2D eigenvalue weighted by Gasteiger charge is 2.23. The van der Waals surface area contributed by atoms with Crippen LogP contribution in [-0.2, 0) is 26.3 Å². The van der Waals surface area contributed by atoms with E-state index < -0.39 is 19.9 Å². The second-order valence-corrected chi connectivity index (χ2v) is 12.2. The van der Waals surface area contributed by atoms with E-state index in [-0.39, 0.29) is 5.75 Å². The Morgan fingerprint density at radius 3 is 2.23 bits per heavy atom. The number of unbranched alkanes of at least 4 members (excludes halogenated alkanes) is 2. The van der Waals surface area contributed by atoms with E-state index in [0.29, 0.717) is 30.4 Å². The van der Waals surface area contributed by atoms with Gasteiger partial charge in [-0.1, -0.05) is 25.5 Å². The molecular formula is C21H37N3O4S2. The number of piperazine rings is 1. The minimum absolute atomic E-state index is 0.237. The lowest BCUT2D eigenvalue weighted by molar-refractivity contribution is 0.214. The van der Waals surface area contributed by atoms with Crippen LogP contribution in [0.15, 0.2) is 29.2 Å².